The van der Waals surface area contributed by atoms with E-state index >= 15 is 0 Å². The van der Waals surface area contributed by atoms with Crippen molar-refractivity contribution in [2.75, 3.05) is 0 Å². The summed E-state index contributed by atoms with van der Waals surface area (Å²) in [5.74, 6) is 1.17. The lowest BCUT2D eigenvalue weighted by Gasteiger charge is -2.16. The van der Waals surface area contributed by atoms with Gasteiger partial charge in [0.15, 0.2) is 11.5 Å². The molecule has 0 unspecified atom stereocenters. The third-order valence-electron chi connectivity index (χ3n) is 5.88. The van der Waals surface area contributed by atoms with Gasteiger partial charge in [0, 0.05) is 12.1 Å². The molecule has 0 spiro atoms. The minimum Gasteiger partial charge on any atom is -0.486 e. The summed E-state index contributed by atoms with van der Waals surface area (Å²) < 4.78 is 11.2. The number of benzene rings is 2. The van der Waals surface area contributed by atoms with E-state index in [-0.39, 0.29) is 18.6 Å². The van der Waals surface area contributed by atoms with E-state index in [0.29, 0.717) is 11.5 Å². The largest absolute Gasteiger partial charge is 0.486 e. The molecule has 29 heavy (non-hydrogen) atoms. The summed E-state index contributed by atoms with van der Waals surface area (Å²) in [6.45, 7) is 0.258. The number of fused-ring (bicyclic) bond motifs is 2. The Kier molecular flexibility index (Phi) is 4.80. The monoisotopic (exact) mass is 388 g/mol. The quantitative estimate of drug-likeness (QED) is 0.717. The van der Waals surface area contributed by atoms with Crippen molar-refractivity contribution >= 4 is 5.91 Å². The standard InChI is InChI=1S/C24H24N2O3/c27-24(25-20-11-17-6-3-4-7-18(17)12-20)23-14-22(29-26-23)15-28-21-10-9-16-5-1-2-8-19(16)13-21/h3-4,6-7,9-10,13-14,20H,1-2,5,8,11-12,15H2,(H,25,27). The van der Waals surface area contributed by atoms with Crippen molar-refractivity contribution in [3.8, 4) is 5.75 Å². The summed E-state index contributed by atoms with van der Waals surface area (Å²) >= 11 is 0. The van der Waals surface area contributed by atoms with Gasteiger partial charge in [-0.3, -0.25) is 4.79 Å². The van der Waals surface area contributed by atoms with Gasteiger partial charge in [0.05, 0.1) is 0 Å². The molecule has 5 heteroatoms. The number of hydrogen-bond donors (Lipinski definition) is 1. The first-order valence-corrected chi connectivity index (χ1v) is 10.3. The molecule has 5 nitrogen and oxygen atoms in total. The Morgan fingerprint density at radius 3 is 2.55 bits per heavy atom. The van der Waals surface area contributed by atoms with Crippen LogP contribution in [0.3, 0.4) is 0 Å². The van der Waals surface area contributed by atoms with Crippen molar-refractivity contribution in [2.45, 2.75) is 51.2 Å². The molecular formula is C24H24N2O3. The van der Waals surface area contributed by atoms with E-state index in [2.05, 4.69) is 34.7 Å². The summed E-state index contributed by atoms with van der Waals surface area (Å²) in [6, 6.07) is 16.4. The molecule has 2 aromatic carbocycles. The first-order valence-electron chi connectivity index (χ1n) is 10.3. The van der Waals surface area contributed by atoms with Crippen LogP contribution in [0.1, 0.15) is 51.3 Å². The Labute approximate surface area is 170 Å². The molecule has 1 heterocycles. The molecule has 0 atom stereocenters. The predicted molar refractivity (Wildman–Crippen MR) is 109 cm³/mol. The summed E-state index contributed by atoms with van der Waals surface area (Å²) in [6.07, 6.45) is 6.49. The first-order chi connectivity index (χ1) is 14.2. The van der Waals surface area contributed by atoms with Gasteiger partial charge in [-0.05, 0) is 72.9 Å². The number of rotatable bonds is 5. The lowest BCUT2D eigenvalue weighted by atomic mass is 9.92. The number of aromatic nitrogens is 1. The van der Waals surface area contributed by atoms with Gasteiger partial charge in [-0.2, -0.15) is 0 Å². The first kappa shape index (κ1) is 18.0. The highest BCUT2D eigenvalue weighted by atomic mass is 16.5. The van der Waals surface area contributed by atoms with Crippen LogP contribution < -0.4 is 10.1 Å². The van der Waals surface area contributed by atoms with Crippen LogP contribution in [0.25, 0.3) is 0 Å². The zero-order valence-corrected chi connectivity index (χ0v) is 16.3. The van der Waals surface area contributed by atoms with Crippen molar-refractivity contribution in [2.24, 2.45) is 0 Å². The summed E-state index contributed by atoms with van der Waals surface area (Å²) in [5.41, 5.74) is 5.71. The van der Waals surface area contributed by atoms with Crippen LogP contribution in [0.5, 0.6) is 5.75 Å². The fourth-order valence-corrected chi connectivity index (χ4v) is 4.36. The molecule has 2 aliphatic rings. The van der Waals surface area contributed by atoms with E-state index < -0.39 is 0 Å². The Bertz CT molecular complexity index is 1020. The number of nitrogens with zero attached hydrogens (tertiary/aromatic N) is 1. The van der Waals surface area contributed by atoms with Gasteiger partial charge in [0.1, 0.15) is 12.4 Å². The van der Waals surface area contributed by atoms with E-state index in [9.17, 15) is 4.79 Å². The van der Waals surface area contributed by atoms with Crippen LogP contribution in [0.4, 0.5) is 0 Å². The van der Waals surface area contributed by atoms with Gasteiger partial charge in [0.25, 0.3) is 5.91 Å². The fourth-order valence-electron chi connectivity index (χ4n) is 4.36. The molecular weight excluding hydrogens is 364 g/mol. The predicted octanol–water partition coefficient (Wildman–Crippen LogP) is 4.03. The molecule has 0 fully saturated rings. The van der Waals surface area contributed by atoms with Gasteiger partial charge >= 0.3 is 0 Å². The molecule has 5 rings (SSSR count). The van der Waals surface area contributed by atoms with Gasteiger partial charge in [-0.25, -0.2) is 0 Å². The van der Waals surface area contributed by atoms with E-state index in [4.69, 9.17) is 9.26 Å². The van der Waals surface area contributed by atoms with Gasteiger partial charge < -0.3 is 14.6 Å². The molecule has 1 N–H and O–H groups in total. The molecule has 1 amide bonds. The van der Waals surface area contributed by atoms with Gasteiger partial charge in [0.2, 0.25) is 0 Å². The third kappa shape index (κ3) is 3.90. The van der Waals surface area contributed by atoms with Crippen LogP contribution in [-0.2, 0) is 32.3 Å². The minimum absolute atomic E-state index is 0.104. The average Bonchev–Trinajstić information content (AvgIpc) is 3.38. The fraction of sp³-hybridized carbons (Fsp3) is 0.333. The zero-order valence-electron chi connectivity index (χ0n) is 16.3. The lowest BCUT2D eigenvalue weighted by molar-refractivity contribution is 0.0929. The molecule has 0 bridgehead atoms. The Hall–Kier alpha value is -3.08. The number of ether oxygens (including phenoxy) is 1. The zero-order chi connectivity index (χ0) is 19.6. The van der Waals surface area contributed by atoms with Crippen LogP contribution in [-0.4, -0.2) is 17.1 Å². The van der Waals surface area contributed by atoms with Gasteiger partial charge in [-0.1, -0.05) is 35.5 Å². The van der Waals surface area contributed by atoms with Gasteiger partial charge in [-0.15, -0.1) is 0 Å². The molecule has 0 saturated carbocycles. The summed E-state index contributed by atoms with van der Waals surface area (Å²) in [4.78, 5) is 12.5. The van der Waals surface area contributed by atoms with E-state index in [1.807, 2.05) is 18.2 Å². The minimum atomic E-state index is -0.202. The van der Waals surface area contributed by atoms with E-state index in [1.54, 1.807) is 6.07 Å². The average molecular weight is 388 g/mol. The topological polar surface area (TPSA) is 64.4 Å². The highest BCUT2D eigenvalue weighted by Gasteiger charge is 2.24. The van der Waals surface area contributed by atoms with Crippen molar-refractivity contribution in [1.82, 2.24) is 10.5 Å². The molecule has 0 aliphatic heterocycles. The van der Waals surface area contributed by atoms with Crippen LogP contribution in [0.15, 0.2) is 53.1 Å². The smallest absolute Gasteiger partial charge is 0.273 e. The lowest BCUT2D eigenvalue weighted by Crippen LogP contribution is -2.35. The maximum Gasteiger partial charge on any atom is 0.273 e. The highest BCUT2D eigenvalue weighted by molar-refractivity contribution is 5.92. The maximum absolute atomic E-state index is 12.5. The number of nitrogens with one attached hydrogen (secondary N) is 1. The maximum atomic E-state index is 12.5. The van der Waals surface area contributed by atoms with Crippen LogP contribution in [0, 0.1) is 0 Å². The molecule has 0 saturated heterocycles. The summed E-state index contributed by atoms with van der Waals surface area (Å²) in [7, 11) is 0. The van der Waals surface area contributed by atoms with Crippen LogP contribution >= 0.6 is 0 Å². The van der Waals surface area contributed by atoms with E-state index in [0.717, 1.165) is 31.4 Å². The van der Waals surface area contributed by atoms with Crippen molar-refractivity contribution < 1.29 is 14.1 Å². The molecule has 3 aromatic rings. The highest BCUT2D eigenvalue weighted by Crippen LogP contribution is 2.26. The second-order valence-corrected chi connectivity index (χ2v) is 7.95. The number of aryl methyl sites for hydroxylation is 2. The molecule has 0 radical (unpaired) electrons. The Morgan fingerprint density at radius 1 is 1.00 bits per heavy atom. The summed E-state index contributed by atoms with van der Waals surface area (Å²) in [5, 5.41) is 6.98. The second kappa shape index (κ2) is 7.74. The Balaban J connectivity index is 1.17. The molecule has 1 aromatic heterocycles. The Morgan fingerprint density at radius 2 is 1.76 bits per heavy atom. The second-order valence-electron chi connectivity index (χ2n) is 7.95. The SMILES string of the molecule is O=C(NC1Cc2ccccc2C1)c1cc(COc2ccc3c(c2)CCCC3)on1. The van der Waals surface area contributed by atoms with Crippen molar-refractivity contribution in [1.29, 1.82) is 0 Å². The van der Waals surface area contributed by atoms with Crippen molar-refractivity contribution in [3.63, 3.8) is 0 Å². The molecule has 2 aliphatic carbocycles. The number of hydrogen-bond acceptors (Lipinski definition) is 4. The van der Waals surface area contributed by atoms with E-state index in [1.165, 1.54) is 35.1 Å². The molecule has 148 valence electrons. The number of carbonyl (C=O) groups excluding carboxylic acids is 1. The normalized spacial score (nSPS) is 15.6. The van der Waals surface area contributed by atoms with Crippen LogP contribution in [0.2, 0.25) is 0 Å². The third-order valence-corrected chi connectivity index (χ3v) is 5.88. The number of amides is 1. The van der Waals surface area contributed by atoms with Crippen molar-refractivity contribution in [3.05, 3.63) is 82.2 Å². The number of carbonyl (C=O) groups is 1.